The van der Waals surface area contributed by atoms with Crippen molar-refractivity contribution in [3.8, 4) is 5.75 Å². The second kappa shape index (κ2) is 8.86. The Hall–Kier alpha value is -2.90. The molecule has 0 radical (unpaired) electrons. The smallest absolute Gasteiger partial charge is 0.270 e. The topological polar surface area (TPSA) is 72.7 Å². The highest BCUT2D eigenvalue weighted by molar-refractivity contribution is 7.09. The van der Waals surface area contributed by atoms with Crippen molar-refractivity contribution in [3.05, 3.63) is 91.1 Å². The number of amides is 1. The van der Waals surface area contributed by atoms with E-state index in [0.29, 0.717) is 12.3 Å². The van der Waals surface area contributed by atoms with E-state index in [-0.39, 0.29) is 28.7 Å². The van der Waals surface area contributed by atoms with Gasteiger partial charge in [0, 0.05) is 22.6 Å². The van der Waals surface area contributed by atoms with Crippen LogP contribution >= 0.6 is 22.9 Å². The van der Waals surface area contributed by atoms with Gasteiger partial charge < -0.3 is 9.64 Å². The molecule has 1 amide bonds. The molecule has 0 unspecified atom stereocenters. The minimum absolute atomic E-state index is 0.0994. The highest BCUT2D eigenvalue weighted by Crippen LogP contribution is 2.27. The Morgan fingerprint density at radius 3 is 2.64 bits per heavy atom. The Labute approximate surface area is 171 Å². The number of carbonyl (C=O) groups excluding carboxylic acids is 1. The number of rotatable bonds is 7. The Balaban J connectivity index is 1.97. The molecule has 144 valence electrons. The SMILES string of the molecule is COc1ccccc1CN(Cc1cccs1)C(=O)c1cc([N+](=O)[O-])ccc1Cl. The Bertz CT molecular complexity index is 992. The minimum Gasteiger partial charge on any atom is -0.496 e. The van der Waals surface area contributed by atoms with Crippen LogP contribution in [-0.2, 0) is 13.1 Å². The quantitative estimate of drug-likeness (QED) is 0.394. The van der Waals surface area contributed by atoms with Gasteiger partial charge in [-0.05, 0) is 23.6 Å². The molecule has 6 nitrogen and oxygen atoms in total. The van der Waals surface area contributed by atoms with E-state index >= 15 is 0 Å². The number of nitrogens with zero attached hydrogens (tertiary/aromatic N) is 2. The van der Waals surface area contributed by atoms with Gasteiger partial charge >= 0.3 is 0 Å². The molecule has 2 aromatic carbocycles. The molecule has 0 aliphatic rings. The fourth-order valence-corrected chi connectivity index (χ4v) is 3.71. The van der Waals surface area contributed by atoms with Gasteiger partial charge in [-0.3, -0.25) is 14.9 Å². The summed E-state index contributed by atoms with van der Waals surface area (Å²) in [6, 6.07) is 15.1. The summed E-state index contributed by atoms with van der Waals surface area (Å²) in [5, 5.41) is 13.2. The predicted molar refractivity (Wildman–Crippen MR) is 109 cm³/mol. The van der Waals surface area contributed by atoms with Crippen molar-refractivity contribution < 1.29 is 14.5 Å². The molecule has 0 aliphatic carbocycles. The van der Waals surface area contributed by atoms with Gasteiger partial charge in [-0.25, -0.2) is 0 Å². The summed E-state index contributed by atoms with van der Waals surface area (Å²) in [4.78, 5) is 26.4. The molecule has 3 aromatic rings. The highest BCUT2D eigenvalue weighted by Gasteiger charge is 2.23. The normalized spacial score (nSPS) is 10.5. The number of hydrogen-bond acceptors (Lipinski definition) is 5. The van der Waals surface area contributed by atoms with Crippen LogP contribution in [-0.4, -0.2) is 22.8 Å². The molecule has 0 atom stereocenters. The first-order valence-electron chi connectivity index (χ1n) is 8.37. The third-order valence-electron chi connectivity index (χ3n) is 4.16. The van der Waals surface area contributed by atoms with Crippen molar-refractivity contribution in [2.24, 2.45) is 0 Å². The van der Waals surface area contributed by atoms with E-state index in [9.17, 15) is 14.9 Å². The van der Waals surface area contributed by atoms with E-state index in [1.165, 1.54) is 29.5 Å². The number of hydrogen-bond donors (Lipinski definition) is 0. The molecule has 28 heavy (non-hydrogen) atoms. The number of para-hydroxylation sites is 1. The largest absolute Gasteiger partial charge is 0.496 e. The zero-order valence-corrected chi connectivity index (χ0v) is 16.6. The fourth-order valence-electron chi connectivity index (χ4n) is 2.79. The van der Waals surface area contributed by atoms with Crippen LogP contribution in [0.3, 0.4) is 0 Å². The number of benzene rings is 2. The van der Waals surface area contributed by atoms with Crippen molar-refractivity contribution in [3.63, 3.8) is 0 Å². The molecule has 0 spiro atoms. The molecule has 0 saturated heterocycles. The van der Waals surface area contributed by atoms with E-state index in [4.69, 9.17) is 16.3 Å². The van der Waals surface area contributed by atoms with Crippen LogP contribution in [0.2, 0.25) is 5.02 Å². The molecule has 1 heterocycles. The number of nitro groups is 1. The number of halogens is 1. The first-order valence-corrected chi connectivity index (χ1v) is 9.63. The summed E-state index contributed by atoms with van der Waals surface area (Å²) < 4.78 is 5.39. The zero-order chi connectivity index (χ0) is 20.1. The molecule has 0 aliphatic heterocycles. The lowest BCUT2D eigenvalue weighted by Gasteiger charge is -2.24. The molecule has 3 rings (SSSR count). The van der Waals surface area contributed by atoms with Crippen LogP contribution in [0, 0.1) is 10.1 Å². The van der Waals surface area contributed by atoms with Crippen LogP contribution in [0.25, 0.3) is 0 Å². The summed E-state index contributed by atoms with van der Waals surface area (Å²) in [6.07, 6.45) is 0. The minimum atomic E-state index is -0.545. The fraction of sp³-hybridized carbons (Fsp3) is 0.150. The second-order valence-corrected chi connectivity index (χ2v) is 7.41. The summed E-state index contributed by atoms with van der Waals surface area (Å²) in [5.74, 6) is 0.282. The molecular weight excluding hydrogens is 400 g/mol. The van der Waals surface area contributed by atoms with E-state index in [1.807, 2.05) is 41.8 Å². The van der Waals surface area contributed by atoms with Gasteiger partial charge in [0.15, 0.2) is 0 Å². The van der Waals surface area contributed by atoms with Gasteiger partial charge in [0.25, 0.3) is 11.6 Å². The van der Waals surface area contributed by atoms with Crippen LogP contribution in [0.5, 0.6) is 5.75 Å². The number of ether oxygens (including phenoxy) is 1. The molecule has 0 bridgehead atoms. The maximum Gasteiger partial charge on any atom is 0.270 e. The molecule has 0 N–H and O–H groups in total. The van der Waals surface area contributed by atoms with Crippen LogP contribution < -0.4 is 4.74 Å². The van der Waals surface area contributed by atoms with Gasteiger partial charge in [-0.2, -0.15) is 0 Å². The molecular formula is C20H17ClN2O4S. The summed E-state index contributed by atoms with van der Waals surface area (Å²) >= 11 is 7.72. The summed E-state index contributed by atoms with van der Waals surface area (Å²) in [7, 11) is 1.57. The van der Waals surface area contributed by atoms with Crippen molar-refractivity contribution in [2.75, 3.05) is 7.11 Å². The Kier molecular flexibility index (Phi) is 6.28. The zero-order valence-electron chi connectivity index (χ0n) is 15.0. The van der Waals surface area contributed by atoms with Crippen LogP contribution in [0.4, 0.5) is 5.69 Å². The van der Waals surface area contributed by atoms with Crippen molar-refractivity contribution in [2.45, 2.75) is 13.1 Å². The number of methoxy groups -OCH3 is 1. The Morgan fingerprint density at radius 2 is 1.96 bits per heavy atom. The maximum absolute atomic E-state index is 13.3. The first kappa shape index (κ1) is 19.9. The lowest BCUT2D eigenvalue weighted by molar-refractivity contribution is -0.384. The van der Waals surface area contributed by atoms with Gasteiger partial charge in [0.2, 0.25) is 0 Å². The second-order valence-electron chi connectivity index (χ2n) is 5.97. The van der Waals surface area contributed by atoms with Gasteiger partial charge in [-0.15, -0.1) is 11.3 Å². The first-order chi connectivity index (χ1) is 13.5. The lowest BCUT2D eigenvalue weighted by Crippen LogP contribution is -2.30. The van der Waals surface area contributed by atoms with Gasteiger partial charge in [-0.1, -0.05) is 35.9 Å². The third kappa shape index (κ3) is 4.49. The van der Waals surface area contributed by atoms with E-state index in [2.05, 4.69) is 0 Å². The number of nitro benzene ring substituents is 1. The van der Waals surface area contributed by atoms with Crippen LogP contribution in [0.15, 0.2) is 60.0 Å². The number of thiophene rings is 1. The average molecular weight is 417 g/mol. The lowest BCUT2D eigenvalue weighted by atomic mass is 10.1. The van der Waals surface area contributed by atoms with Crippen molar-refractivity contribution in [1.29, 1.82) is 0 Å². The monoisotopic (exact) mass is 416 g/mol. The van der Waals surface area contributed by atoms with Gasteiger partial charge in [0.1, 0.15) is 5.75 Å². The van der Waals surface area contributed by atoms with Gasteiger partial charge in [0.05, 0.1) is 35.7 Å². The highest BCUT2D eigenvalue weighted by atomic mass is 35.5. The summed E-state index contributed by atoms with van der Waals surface area (Å²) in [6.45, 7) is 0.632. The predicted octanol–water partition coefficient (Wildman–Crippen LogP) is 5.16. The Morgan fingerprint density at radius 1 is 1.18 bits per heavy atom. The number of non-ortho nitro benzene ring substituents is 1. The summed E-state index contributed by atoms with van der Waals surface area (Å²) in [5.41, 5.74) is 0.750. The molecule has 8 heteroatoms. The van der Waals surface area contributed by atoms with Crippen LogP contribution in [0.1, 0.15) is 20.8 Å². The van der Waals surface area contributed by atoms with Crippen molar-refractivity contribution >= 4 is 34.5 Å². The van der Waals surface area contributed by atoms with E-state index in [0.717, 1.165) is 10.4 Å². The number of carbonyl (C=O) groups is 1. The molecule has 0 saturated carbocycles. The van der Waals surface area contributed by atoms with E-state index < -0.39 is 4.92 Å². The average Bonchev–Trinajstić information content (AvgIpc) is 3.20. The maximum atomic E-state index is 13.3. The third-order valence-corrected chi connectivity index (χ3v) is 5.35. The van der Waals surface area contributed by atoms with E-state index in [1.54, 1.807) is 12.0 Å². The molecule has 1 aromatic heterocycles. The van der Waals surface area contributed by atoms with Crippen molar-refractivity contribution in [1.82, 2.24) is 4.90 Å². The standard InChI is InChI=1S/C20H17ClN2O4S/c1-27-19-7-3-2-5-14(19)12-22(13-16-6-4-10-28-16)20(24)17-11-15(23(25)26)8-9-18(17)21/h2-11H,12-13H2,1H3. The molecule has 0 fully saturated rings.